The number of sulfonamides is 1. The maximum atomic E-state index is 12.6. The van der Waals surface area contributed by atoms with E-state index in [1.807, 2.05) is 0 Å². The first-order valence-electron chi connectivity index (χ1n) is 7.22. The molecule has 0 radical (unpaired) electrons. The first-order valence-corrected chi connectivity index (χ1v) is 8.66. The third-order valence-corrected chi connectivity index (χ3v) is 5.46. The summed E-state index contributed by atoms with van der Waals surface area (Å²) < 4.78 is 31.7. The van der Waals surface area contributed by atoms with Crippen LogP contribution in [0.5, 0.6) is 0 Å². The largest absolute Gasteiger partial charge is 0.462 e. The quantitative estimate of drug-likeness (QED) is 0.800. The van der Waals surface area contributed by atoms with Crippen molar-refractivity contribution < 1.29 is 17.9 Å². The van der Waals surface area contributed by atoms with Gasteiger partial charge in [-0.2, -0.15) is 4.31 Å². The molecule has 0 bridgehead atoms. The smallest absolute Gasteiger partial charge is 0.338 e. The van der Waals surface area contributed by atoms with Crippen LogP contribution >= 0.6 is 0 Å². The Morgan fingerprint density at radius 1 is 1.43 bits per heavy atom. The molecule has 1 aromatic carbocycles. The van der Waals surface area contributed by atoms with Crippen LogP contribution in [0.25, 0.3) is 0 Å². The lowest BCUT2D eigenvalue weighted by Crippen LogP contribution is -2.39. The van der Waals surface area contributed by atoms with Crippen molar-refractivity contribution in [2.24, 2.45) is 5.92 Å². The van der Waals surface area contributed by atoms with Crippen molar-refractivity contribution in [3.05, 3.63) is 29.8 Å². The molecule has 0 N–H and O–H groups in total. The standard InChI is InChI=1S/C15H21NO4S/c1-3-20-15(17)13-7-4-8-14(10-13)21(18,19)16-9-5-6-12(2)11-16/h4,7-8,10,12H,3,5-6,9,11H2,1-2H3. The molecule has 0 spiro atoms. The lowest BCUT2D eigenvalue weighted by molar-refractivity contribution is 0.0526. The van der Waals surface area contributed by atoms with E-state index in [4.69, 9.17) is 4.74 Å². The Hall–Kier alpha value is -1.40. The number of hydrogen-bond donors (Lipinski definition) is 0. The molecule has 1 aliphatic heterocycles. The van der Waals surface area contributed by atoms with Gasteiger partial charge in [0.25, 0.3) is 0 Å². The van der Waals surface area contributed by atoms with E-state index in [2.05, 4.69) is 6.92 Å². The lowest BCUT2D eigenvalue weighted by Gasteiger charge is -2.30. The summed E-state index contributed by atoms with van der Waals surface area (Å²) >= 11 is 0. The van der Waals surface area contributed by atoms with Gasteiger partial charge in [0.05, 0.1) is 17.1 Å². The fraction of sp³-hybridized carbons (Fsp3) is 0.533. The molecule has 6 heteroatoms. The van der Waals surface area contributed by atoms with Crippen LogP contribution in [0.2, 0.25) is 0 Å². The molecule has 116 valence electrons. The summed E-state index contributed by atoms with van der Waals surface area (Å²) in [5, 5.41) is 0. The molecule has 1 atom stereocenters. The molecule has 1 aromatic rings. The summed E-state index contributed by atoms with van der Waals surface area (Å²) in [5.41, 5.74) is 0.267. The van der Waals surface area contributed by atoms with Crippen LogP contribution in [0.4, 0.5) is 0 Å². The number of nitrogens with zero attached hydrogens (tertiary/aromatic N) is 1. The number of carbonyl (C=O) groups is 1. The van der Waals surface area contributed by atoms with Crippen LogP contribution in [0.3, 0.4) is 0 Å². The van der Waals surface area contributed by atoms with Crippen molar-refractivity contribution in [3.8, 4) is 0 Å². The summed E-state index contributed by atoms with van der Waals surface area (Å²) in [6.45, 7) is 5.10. The minimum Gasteiger partial charge on any atom is -0.462 e. The van der Waals surface area contributed by atoms with E-state index in [1.54, 1.807) is 19.1 Å². The van der Waals surface area contributed by atoms with E-state index < -0.39 is 16.0 Å². The minimum atomic E-state index is -3.54. The molecular formula is C15H21NO4S. The molecule has 1 fully saturated rings. The Balaban J connectivity index is 2.28. The van der Waals surface area contributed by atoms with Crippen molar-refractivity contribution in [1.82, 2.24) is 4.31 Å². The maximum Gasteiger partial charge on any atom is 0.338 e. The molecule has 2 rings (SSSR count). The van der Waals surface area contributed by atoms with E-state index in [-0.39, 0.29) is 17.1 Å². The number of piperidine rings is 1. The van der Waals surface area contributed by atoms with Crippen LogP contribution < -0.4 is 0 Å². The maximum absolute atomic E-state index is 12.6. The van der Waals surface area contributed by atoms with Gasteiger partial charge in [-0.25, -0.2) is 13.2 Å². The second-order valence-corrected chi connectivity index (χ2v) is 7.30. The van der Waals surface area contributed by atoms with Gasteiger partial charge in [-0.1, -0.05) is 13.0 Å². The first kappa shape index (κ1) is 16.0. The van der Waals surface area contributed by atoms with Gasteiger partial charge < -0.3 is 4.74 Å². The Morgan fingerprint density at radius 2 is 2.19 bits per heavy atom. The van der Waals surface area contributed by atoms with E-state index in [9.17, 15) is 13.2 Å². The molecule has 21 heavy (non-hydrogen) atoms. The van der Waals surface area contributed by atoms with Crippen LogP contribution in [0.15, 0.2) is 29.2 Å². The van der Waals surface area contributed by atoms with Crippen molar-refractivity contribution in [1.29, 1.82) is 0 Å². The van der Waals surface area contributed by atoms with E-state index >= 15 is 0 Å². The normalized spacial score (nSPS) is 20.2. The van der Waals surface area contributed by atoms with Gasteiger partial charge in [0.1, 0.15) is 0 Å². The van der Waals surface area contributed by atoms with E-state index in [1.165, 1.54) is 16.4 Å². The number of hydrogen-bond acceptors (Lipinski definition) is 4. The molecule has 0 aliphatic carbocycles. The molecule has 1 aliphatic rings. The number of carbonyl (C=O) groups excluding carboxylic acids is 1. The molecule has 1 unspecified atom stereocenters. The van der Waals surface area contributed by atoms with Crippen molar-refractivity contribution in [2.45, 2.75) is 31.6 Å². The van der Waals surface area contributed by atoms with Crippen molar-refractivity contribution in [3.63, 3.8) is 0 Å². The second kappa shape index (κ2) is 6.58. The van der Waals surface area contributed by atoms with Crippen LogP contribution in [0, 0.1) is 5.92 Å². The minimum absolute atomic E-state index is 0.155. The summed E-state index contributed by atoms with van der Waals surface area (Å²) in [4.78, 5) is 11.9. The third-order valence-electron chi connectivity index (χ3n) is 3.60. The van der Waals surface area contributed by atoms with Gasteiger partial charge in [-0.15, -0.1) is 0 Å². The summed E-state index contributed by atoms with van der Waals surface area (Å²) in [5.74, 6) is -0.136. The summed E-state index contributed by atoms with van der Waals surface area (Å²) in [6.07, 6.45) is 1.92. The highest BCUT2D eigenvalue weighted by atomic mass is 32.2. The number of benzene rings is 1. The predicted octanol–water partition coefficient (Wildman–Crippen LogP) is 2.28. The molecule has 0 amide bonds. The second-order valence-electron chi connectivity index (χ2n) is 5.36. The third kappa shape index (κ3) is 3.63. The van der Waals surface area contributed by atoms with E-state index in [0.717, 1.165) is 12.8 Å². The Bertz CT molecular complexity index is 612. The molecule has 1 heterocycles. The highest BCUT2D eigenvalue weighted by molar-refractivity contribution is 7.89. The van der Waals surface area contributed by atoms with Gasteiger partial charge in [-0.3, -0.25) is 0 Å². The van der Waals surface area contributed by atoms with Crippen LogP contribution in [0.1, 0.15) is 37.0 Å². The summed E-state index contributed by atoms with van der Waals surface area (Å²) in [7, 11) is -3.54. The first-order chi connectivity index (χ1) is 9.95. The highest BCUT2D eigenvalue weighted by Crippen LogP contribution is 2.24. The average Bonchev–Trinajstić information content (AvgIpc) is 2.47. The molecule has 0 saturated carbocycles. The van der Waals surface area contributed by atoms with Gasteiger partial charge in [0, 0.05) is 13.1 Å². The Morgan fingerprint density at radius 3 is 2.86 bits per heavy atom. The topological polar surface area (TPSA) is 63.7 Å². The fourth-order valence-corrected chi connectivity index (χ4v) is 4.16. The monoisotopic (exact) mass is 311 g/mol. The molecular weight excluding hydrogens is 290 g/mol. The van der Waals surface area contributed by atoms with E-state index in [0.29, 0.717) is 19.0 Å². The number of rotatable bonds is 4. The predicted molar refractivity (Wildman–Crippen MR) is 79.6 cm³/mol. The zero-order valence-electron chi connectivity index (χ0n) is 12.4. The molecule has 0 aromatic heterocycles. The van der Waals surface area contributed by atoms with Crippen LogP contribution in [-0.2, 0) is 14.8 Å². The Kier molecular flexibility index (Phi) is 5.00. The Labute approximate surface area is 126 Å². The number of esters is 1. The van der Waals surface area contributed by atoms with Crippen LogP contribution in [-0.4, -0.2) is 38.4 Å². The summed E-state index contributed by atoms with van der Waals surface area (Å²) in [6, 6.07) is 6.06. The lowest BCUT2D eigenvalue weighted by atomic mass is 10.0. The van der Waals surface area contributed by atoms with Gasteiger partial charge in [-0.05, 0) is 43.9 Å². The number of ether oxygens (including phenoxy) is 1. The highest BCUT2D eigenvalue weighted by Gasteiger charge is 2.29. The molecule has 5 nitrogen and oxygen atoms in total. The zero-order valence-corrected chi connectivity index (χ0v) is 13.2. The van der Waals surface area contributed by atoms with Crippen molar-refractivity contribution >= 4 is 16.0 Å². The zero-order chi connectivity index (χ0) is 15.5. The fourth-order valence-electron chi connectivity index (χ4n) is 2.51. The van der Waals surface area contributed by atoms with Crippen molar-refractivity contribution in [2.75, 3.05) is 19.7 Å². The average molecular weight is 311 g/mol. The SMILES string of the molecule is CCOC(=O)c1cccc(S(=O)(=O)N2CCCC(C)C2)c1. The van der Waals surface area contributed by atoms with Gasteiger partial charge >= 0.3 is 5.97 Å². The van der Waals surface area contributed by atoms with Gasteiger partial charge in [0.2, 0.25) is 10.0 Å². The van der Waals surface area contributed by atoms with Gasteiger partial charge in [0.15, 0.2) is 0 Å². The molecule has 1 saturated heterocycles.